The van der Waals surface area contributed by atoms with Gasteiger partial charge in [0, 0.05) is 52.6 Å². The van der Waals surface area contributed by atoms with Crippen LogP contribution in [0.1, 0.15) is 42.1 Å². The van der Waals surface area contributed by atoms with Crippen LogP contribution in [0.15, 0.2) is 17.2 Å². The molecule has 0 atom stereocenters. The van der Waals surface area contributed by atoms with Crippen molar-refractivity contribution in [1.82, 2.24) is 19.2 Å². The second-order valence-corrected chi connectivity index (χ2v) is 16.1. The molecule has 0 unspecified atom stereocenters. The molecule has 10 nitrogen and oxygen atoms in total. The molecule has 0 radical (unpaired) electrons. The Bertz CT molecular complexity index is 1100. The minimum absolute atomic E-state index is 0.0194. The molecule has 2 aromatic heterocycles. The van der Waals surface area contributed by atoms with Crippen LogP contribution in [0.25, 0.3) is 10.9 Å². The number of hydrogen-bond acceptors (Lipinski definition) is 7. The van der Waals surface area contributed by atoms with Crippen LogP contribution in [0.3, 0.4) is 0 Å². The first-order valence-corrected chi connectivity index (χ1v) is 15.9. The van der Waals surface area contributed by atoms with Gasteiger partial charge in [0.15, 0.2) is 0 Å². The fraction of sp³-hybridized carbons (Fsp3) is 0.667. The second-order valence-electron chi connectivity index (χ2n) is 10.5. The molecule has 1 amide bonds. The standard InChI is InChI=1S/C24H38N4O6Si/c1-26(10-11-29)22(30)17-6-8-18(9-7-17)28-15-20(24(32)33-2)21-19(23(28)31)14-27(25-21)16-34-12-13-35(3,4)5/h14-15,17-18,29H,6-13,16H2,1-5H3. The molecule has 2 heterocycles. The highest BCUT2D eigenvalue weighted by atomic mass is 28.3. The van der Waals surface area contributed by atoms with E-state index < -0.39 is 14.0 Å². The van der Waals surface area contributed by atoms with E-state index in [2.05, 4.69) is 24.7 Å². The van der Waals surface area contributed by atoms with Crippen molar-refractivity contribution in [1.29, 1.82) is 0 Å². The highest BCUT2D eigenvalue weighted by Gasteiger charge is 2.30. The highest BCUT2D eigenvalue weighted by molar-refractivity contribution is 6.76. The summed E-state index contributed by atoms with van der Waals surface area (Å²) in [6.45, 7) is 7.90. The number of fused-ring (bicyclic) bond motifs is 1. The topological polar surface area (TPSA) is 116 Å². The largest absolute Gasteiger partial charge is 0.465 e. The van der Waals surface area contributed by atoms with Gasteiger partial charge in [0.2, 0.25) is 5.91 Å². The molecule has 11 heteroatoms. The number of ether oxygens (including phenoxy) is 2. The third-order valence-electron chi connectivity index (χ3n) is 6.63. The van der Waals surface area contributed by atoms with Crippen molar-refractivity contribution in [3.05, 3.63) is 28.3 Å². The number of esters is 1. The average Bonchev–Trinajstić information content (AvgIpc) is 3.25. The number of carbonyl (C=O) groups excluding carboxylic acids is 2. The van der Waals surface area contributed by atoms with Gasteiger partial charge in [-0.05, 0) is 31.7 Å². The van der Waals surface area contributed by atoms with E-state index in [9.17, 15) is 14.4 Å². The first-order chi connectivity index (χ1) is 16.6. The number of likely N-dealkylation sites (N-methyl/N-ethyl adjacent to an activating group) is 1. The molecule has 0 spiro atoms. The summed E-state index contributed by atoms with van der Waals surface area (Å²) in [6.07, 6.45) is 5.74. The molecule has 1 fully saturated rings. The summed E-state index contributed by atoms with van der Waals surface area (Å²) in [5.74, 6) is -0.660. The van der Waals surface area contributed by atoms with Gasteiger partial charge in [-0.2, -0.15) is 5.10 Å². The van der Waals surface area contributed by atoms with Crippen LogP contribution in [0, 0.1) is 5.92 Å². The number of nitrogens with zero attached hydrogens (tertiary/aromatic N) is 4. The molecular weight excluding hydrogens is 468 g/mol. The number of pyridine rings is 1. The zero-order valence-corrected chi connectivity index (χ0v) is 22.5. The Kier molecular flexibility index (Phi) is 8.89. The van der Waals surface area contributed by atoms with Crippen molar-refractivity contribution in [3.8, 4) is 0 Å². The van der Waals surface area contributed by atoms with E-state index in [1.807, 2.05) is 0 Å². The minimum atomic E-state index is -1.22. The molecule has 1 saturated carbocycles. The number of carbonyl (C=O) groups is 2. The molecule has 1 N–H and O–H groups in total. The normalized spacial score (nSPS) is 18.6. The molecule has 0 saturated heterocycles. The van der Waals surface area contributed by atoms with Crippen LogP contribution in [-0.2, 0) is 21.0 Å². The quantitative estimate of drug-likeness (QED) is 0.299. The second kappa shape index (κ2) is 11.5. The van der Waals surface area contributed by atoms with Crippen molar-refractivity contribution in [2.45, 2.75) is 64.1 Å². The third-order valence-corrected chi connectivity index (χ3v) is 8.33. The zero-order chi connectivity index (χ0) is 25.8. The average molecular weight is 507 g/mol. The summed E-state index contributed by atoms with van der Waals surface area (Å²) in [4.78, 5) is 40.1. The maximum Gasteiger partial charge on any atom is 0.341 e. The van der Waals surface area contributed by atoms with E-state index in [4.69, 9.17) is 14.6 Å². The molecule has 3 rings (SSSR count). The number of aliphatic hydroxyl groups excluding tert-OH is 1. The smallest absolute Gasteiger partial charge is 0.341 e. The number of rotatable bonds is 10. The predicted octanol–water partition coefficient (Wildman–Crippen LogP) is 2.48. The lowest BCUT2D eigenvalue weighted by Crippen LogP contribution is -2.37. The van der Waals surface area contributed by atoms with Crippen molar-refractivity contribution in [2.75, 3.05) is 33.9 Å². The van der Waals surface area contributed by atoms with E-state index in [0.29, 0.717) is 49.7 Å². The Morgan fingerprint density at radius 2 is 1.89 bits per heavy atom. The zero-order valence-electron chi connectivity index (χ0n) is 21.5. The Hall–Kier alpha value is -2.50. The lowest BCUT2D eigenvalue weighted by molar-refractivity contribution is -0.135. The molecule has 35 heavy (non-hydrogen) atoms. The van der Waals surface area contributed by atoms with Gasteiger partial charge in [0.05, 0.1) is 19.1 Å². The number of aliphatic hydroxyl groups is 1. The predicted molar refractivity (Wildman–Crippen MR) is 135 cm³/mol. The van der Waals surface area contributed by atoms with Crippen LogP contribution in [0.5, 0.6) is 0 Å². The number of amides is 1. The van der Waals surface area contributed by atoms with E-state index >= 15 is 0 Å². The van der Waals surface area contributed by atoms with E-state index in [1.165, 1.54) is 7.11 Å². The first kappa shape index (κ1) is 27.1. The Balaban J connectivity index is 1.82. The van der Waals surface area contributed by atoms with Crippen molar-refractivity contribution >= 4 is 30.9 Å². The Morgan fingerprint density at radius 1 is 1.20 bits per heavy atom. The molecule has 194 valence electrons. The third kappa shape index (κ3) is 6.59. The van der Waals surface area contributed by atoms with Gasteiger partial charge in [-0.25, -0.2) is 9.48 Å². The highest BCUT2D eigenvalue weighted by Crippen LogP contribution is 2.33. The van der Waals surface area contributed by atoms with E-state index in [0.717, 1.165) is 6.04 Å². The van der Waals surface area contributed by atoms with Gasteiger partial charge in [-0.3, -0.25) is 9.59 Å². The van der Waals surface area contributed by atoms with Crippen LogP contribution >= 0.6 is 0 Å². The summed E-state index contributed by atoms with van der Waals surface area (Å²) in [5.41, 5.74) is 0.332. The lowest BCUT2D eigenvalue weighted by atomic mass is 9.85. The minimum Gasteiger partial charge on any atom is -0.465 e. The molecule has 1 aliphatic carbocycles. The fourth-order valence-corrected chi connectivity index (χ4v) is 5.24. The molecule has 0 aromatic carbocycles. The van der Waals surface area contributed by atoms with E-state index in [-0.39, 0.29) is 42.3 Å². The molecule has 2 aromatic rings. The van der Waals surface area contributed by atoms with Gasteiger partial charge in [-0.1, -0.05) is 19.6 Å². The van der Waals surface area contributed by atoms with Crippen LogP contribution in [0.2, 0.25) is 25.7 Å². The van der Waals surface area contributed by atoms with Crippen LogP contribution in [-0.4, -0.2) is 78.2 Å². The number of hydrogen-bond donors (Lipinski definition) is 1. The maximum atomic E-state index is 13.4. The number of aromatic nitrogens is 3. The van der Waals surface area contributed by atoms with Gasteiger partial charge in [0.25, 0.3) is 5.56 Å². The van der Waals surface area contributed by atoms with Crippen molar-refractivity contribution in [2.24, 2.45) is 5.92 Å². The summed E-state index contributed by atoms with van der Waals surface area (Å²) in [7, 11) is 1.78. The van der Waals surface area contributed by atoms with Gasteiger partial charge < -0.3 is 24.0 Å². The molecule has 0 aliphatic heterocycles. The van der Waals surface area contributed by atoms with Crippen molar-refractivity contribution < 1.29 is 24.2 Å². The summed E-state index contributed by atoms with van der Waals surface area (Å²) in [6, 6.07) is 0.897. The Labute approximate surface area is 206 Å². The van der Waals surface area contributed by atoms with Gasteiger partial charge in [-0.15, -0.1) is 0 Å². The van der Waals surface area contributed by atoms with E-state index in [1.54, 1.807) is 33.6 Å². The van der Waals surface area contributed by atoms with Gasteiger partial charge >= 0.3 is 5.97 Å². The SMILES string of the molecule is COC(=O)c1cn(C2CCC(C(=O)N(C)CCO)CC2)c(=O)c2cn(COCC[Si](C)(C)C)nc12. The Morgan fingerprint density at radius 3 is 2.49 bits per heavy atom. The first-order valence-electron chi connectivity index (χ1n) is 12.2. The summed E-state index contributed by atoms with van der Waals surface area (Å²) in [5, 5.41) is 13.9. The summed E-state index contributed by atoms with van der Waals surface area (Å²) >= 11 is 0. The molecule has 1 aliphatic rings. The molecular formula is C24H38N4O6Si. The maximum absolute atomic E-state index is 13.4. The monoisotopic (exact) mass is 506 g/mol. The fourth-order valence-electron chi connectivity index (χ4n) is 4.48. The molecule has 0 bridgehead atoms. The van der Waals surface area contributed by atoms with Crippen LogP contribution in [0.4, 0.5) is 0 Å². The van der Waals surface area contributed by atoms with Gasteiger partial charge in [0.1, 0.15) is 17.8 Å². The summed E-state index contributed by atoms with van der Waals surface area (Å²) < 4.78 is 13.9. The lowest BCUT2D eigenvalue weighted by Gasteiger charge is -2.31. The number of methoxy groups -OCH3 is 1. The van der Waals surface area contributed by atoms with Crippen LogP contribution < -0.4 is 5.56 Å². The van der Waals surface area contributed by atoms with Crippen molar-refractivity contribution in [3.63, 3.8) is 0 Å².